The van der Waals surface area contributed by atoms with Crippen LogP contribution in [0.15, 0.2) is 30.6 Å². The number of aromatic amines is 1. The molecule has 0 aliphatic carbocycles. The normalized spacial score (nSPS) is 18.6. The Morgan fingerprint density at radius 1 is 1.24 bits per heavy atom. The number of rotatable bonds is 4. The maximum atomic E-state index is 11.9. The van der Waals surface area contributed by atoms with Crippen LogP contribution in [-0.2, 0) is 10.3 Å². The van der Waals surface area contributed by atoms with Gasteiger partial charge in [-0.15, -0.1) is 0 Å². The Hall–Kier alpha value is -2.76. The van der Waals surface area contributed by atoms with Gasteiger partial charge in [0.25, 0.3) is 0 Å². The van der Waals surface area contributed by atoms with E-state index in [9.17, 15) is 4.79 Å². The van der Waals surface area contributed by atoms with Gasteiger partial charge in [0.2, 0.25) is 5.91 Å². The van der Waals surface area contributed by atoms with Crippen molar-refractivity contribution in [3.8, 4) is 16.9 Å². The third kappa shape index (κ3) is 3.76. The van der Waals surface area contributed by atoms with Crippen LogP contribution in [-0.4, -0.2) is 45.3 Å². The Morgan fingerprint density at radius 2 is 2.00 bits per heavy atom. The van der Waals surface area contributed by atoms with Gasteiger partial charge in [-0.1, -0.05) is 0 Å². The van der Waals surface area contributed by atoms with Gasteiger partial charge >= 0.3 is 0 Å². The van der Waals surface area contributed by atoms with E-state index in [0.29, 0.717) is 6.42 Å². The fourth-order valence-electron chi connectivity index (χ4n) is 3.96. The number of amides is 1. The second-order valence-corrected chi connectivity index (χ2v) is 9.29. The highest BCUT2D eigenvalue weighted by molar-refractivity contribution is 5.91. The van der Waals surface area contributed by atoms with Crippen molar-refractivity contribution in [1.29, 1.82) is 0 Å². The van der Waals surface area contributed by atoms with Gasteiger partial charge in [0.1, 0.15) is 11.9 Å². The molecule has 1 N–H and O–H groups in total. The van der Waals surface area contributed by atoms with Crippen LogP contribution in [0.2, 0.25) is 0 Å². The van der Waals surface area contributed by atoms with Crippen molar-refractivity contribution in [3.63, 3.8) is 0 Å². The van der Waals surface area contributed by atoms with Crippen LogP contribution < -0.4 is 4.74 Å². The van der Waals surface area contributed by atoms with E-state index in [-0.39, 0.29) is 23.5 Å². The molecule has 0 unspecified atom stereocenters. The molecule has 4 rings (SSSR count). The lowest BCUT2D eigenvalue weighted by molar-refractivity contribution is -0.126. The van der Waals surface area contributed by atoms with E-state index in [1.807, 2.05) is 17.9 Å². The van der Waals surface area contributed by atoms with Gasteiger partial charge in [0, 0.05) is 54.3 Å². The van der Waals surface area contributed by atoms with Crippen LogP contribution in [0.3, 0.4) is 0 Å². The highest BCUT2D eigenvalue weighted by Gasteiger charge is 2.32. The molecule has 0 spiro atoms. The van der Waals surface area contributed by atoms with Gasteiger partial charge in [-0.3, -0.25) is 9.48 Å². The van der Waals surface area contributed by atoms with Gasteiger partial charge in [-0.2, -0.15) is 5.10 Å². The number of fused-ring (bicyclic) bond motifs is 1. The number of carbonyl (C=O) groups is 1. The molecule has 6 heteroatoms. The predicted molar refractivity (Wildman–Crippen MR) is 115 cm³/mol. The molecule has 1 saturated heterocycles. The van der Waals surface area contributed by atoms with Crippen LogP contribution in [0.1, 0.15) is 39.8 Å². The molecular formula is C23H30N4O2. The first-order valence-electron chi connectivity index (χ1n) is 10.2. The van der Waals surface area contributed by atoms with Gasteiger partial charge < -0.3 is 14.6 Å². The lowest BCUT2D eigenvalue weighted by Gasteiger charge is -2.21. The second-order valence-electron chi connectivity index (χ2n) is 9.29. The van der Waals surface area contributed by atoms with Crippen molar-refractivity contribution in [3.05, 3.63) is 36.3 Å². The molecule has 2 atom stereocenters. The standard InChI is InChI=1S/C23H30N4O2/c1-14-7-19-20(25-14)8-16(18-11-24-27(13-18)23(3,4)5)9-21(19)29-15(2)17-10-22(28)26(6)12-17/h7-9,11,13,15,17,25H,10,12H2,1-6H3/t15-,17-/m1/s1. The van der Waals surface area contributed by atoms with Crippen molar-refractivity contribution in [2.75, 3.05) is 13.6 Å². The van der Waals surface area contributed by atoms with Crippen molar-refractivity contribution in [1.82, 2.24) is 19.7 Å². The SMILES string of the molecule is Cc1cc2c(O[C@H](C)[C@@H]3CC(=O)N(C)C3)cc(-c3cnn(C(C)(C)C)c3)cc2[nH]1. The number of aromatic nitrogens is 3. The number of benzene rings is 1. The number of H-pyrrole nitrogens is 1. The number of hydrogen-bond acceptors (Lipinski definition) is 3. The zero-order valence-corrected chi connectivity index (χ0v) is 18.1. The molecule has 3 aromatic rings. The molecule has 2 aromatic heterocycles. The second kappa shape index (κ2) is 6.94. The molecule has 1 aliphatic rings. The summed E-state index contributed by atoms with van der Waals surface area (Å²) in [5.41, 5.74) is 4.19. The summed E-state index contributed by atoms with van der Waals surface area (Å²) in [6, 6.07) is 6.36. The molecule has 1 amide bonds. The molecule has 1 aliphatic heterocycles. The molecule has 154 valence electrons. The zero-order chi connectivity index (χ0) is 20.9. The number of nitrogens with one attached hydrogen (secondary N) is 1. The Labute approximate surface area is 171 Å². The van der Waals surface area contributed by atoms with Crippen LogP contribution in [0, 0.1) is 12.8 Å². The zero-order valence-electron chi connectivity index (χ0n) is 18.1. The average Bonchev–Trinajstić information content (AvgIpc) is 3.33. The Morgan fingerprint density at radius 3 is 2.62 bits per heavy atom. The van der Waals surface area contributed by atoms with Crippen LogP contribution >= 0.6 is 0 Å². The van der Waals surface area contributed by atoms with Gasteiger partial charge in [0.15, 0.2) is 0 Å². The summed E-state index contributed by atoms with van der Waals surface area (Å²) in [7, 11) is 1.86. The first-order chi connectivity index (χ1) is 13.6. The minimum atomic E-state index is -0.0692. The summed E-state index contributed by atoms with van der Waals surface area (Å²) in [5, 5.41) is 5.61. The van der Waals surface area contributed by atoms with Crippen LogP contribution in [0.25, 0.3) is 22.0 Å². The molecule has 0 radical (unpaired) electrons. The van der Waals surface area contributed by atoms with E-state index < -0.39 is 0 Å². The van der Waals surface area contributed by atoms with Crippen molar-refractivity contribution in [2.24, 2.45) is 5.92 Å². The highest BCUT2D eigenvalue weighted by Crippen LogP contribution is 2.35. The number of ether oxygens (including phenoxy) is 1. The summed E-state index contributed by atoms with van der Waals surface area (Å²) >= 11 is 0. The molecule has 3 heterocycles. The predicted octanol–water partition coefficient (Wildman–Crippen LogP) is 4.34. The lowest BCUT2D eigenvalue weighted by Crippen LogP contribution is -2.26. The molecule has 0 saturated carbocycles. The van der Waals surface area contributed by atoms with E-state index in [1.165, 1.54) is 0 Å². The quantitative estimate of drug-likeness (QED) is 0.716. The summed E-state index contributed by atoms with van der Waals surface area (Å²) < 4.78 is 8.41. The Kier molecular flexibility index (Phi) is 4.68. The largest absolute Gasteiger partial charge is 0.490 e. The fraction of sp³-hybridized carbons (Fsp3) is 0.478. The van der Waals surface area contributed by atoms with Crippen LogP contribution in [0.5, 0.6) is 5.75 Å². The average molecular weight is 395 g/mol. The minimum Gasteiger partial charge on any atom is -0.490 e. The van der Waals surface area contributed by atoms with E-state index in [1.54, 1.807) is 4.90 Å². The van der Waals surface area contributed by atoms with Crippen LogP contribution in [0.4, 0.5) is 0 Å². The maximum Gasteiger partial charge on any atom is 0.222 e. The summed E-state index contributed by atoms with van der Waals surface area (Å²) in [6.45, 7) is 11.3. The van der Waals surface area contributed by atoms with Gasteiger partial charge in [-0.25, -0.2) is 0 Å². The van der Waals surface area contributed by atoms with Gasteiger partial charge in [0.05, 0.1) is 11.7 Å². The molecular weight excluding hydrogens is 364 g/mol. The first kappa shape index (κ1) is 19.6. The highest BCUT2D eigenvalue weighted by atomic mass is 16.5. The monoisotopic (exact) mass is 394 g/mol. The maximum absolute atomic E-state index is 11.9. The van der Waals surface area contributed by atoms with E-state index in [4.69, 9.17) is 4.74 Å². The number of carbonyl (C=O) groups excluding carboxylic acids is 1. The van der Waals surface area contributed by atoms with E-state index in [2.05, 4.69) is 69.1 Å². The van der Waals surface area contributed by atoms with Crippen molar-refractivity contribution >= 4 is 16.8 Å². The molecule has 1 fully saturated rings. The van der Waals surface area contributed by atoms with Crippen molar-refractivity contribution in [2.45, 2.75) is 52.7 Å². The summed E-state index contributed by atoms with van der Waals surface area (Å²) in [4.78, 5) is 17.2. The number of aryl methyl sites for hydroxylation is 1. The number of likely N-dealkylation sites (tertiary alicyclic amines) is 1. The molecule has 1 aromatic carbocycles. The minimum absolute atomic E-state index is 0.0464. The fourth-order valence-corrected chi connectivity index (χ4v) is 3.96. The molecule has 6 nitrogen and oxygen atoms in total. The topological polar surface area (TPSA) is 63.1 Å². The summed E-state index contributed by atoms with van der Waals surface area (Å²) in [5.74, 6) is 1.24. The Balaban J connectivity index is 1.69. The lowest BCUT2D eigenvalue weighted by atomic mass is 10.0. The van der Waals surface area contributed by atoms with E-state index >= 15 is 0 Å². The Bertz CT molecular complexity index is 1060. The third-order valence-electron chi connectivity index (χ3n) is 5.79. The molecule has 29 heavy (non-hydrogen) atoms. The first-order valence-corrected chi connectivity index (χ1v) is 10.2. The van der Waals surface area contributed by atoms with E-state index in [0.717, 1.165) is 40.0 Å². The van der Waals surface area contributed by atoms with Gasteiger partial charge in [-0.05, 0) is 58.4 Å². The summed E-state index contributed by atoms with van der Waals surface area (Å²) in [6.07, 6.45) is 4.48. The van der Waals surface area contributed by atoms with Crippen molar-refractivity contribution < 1.29 is 9.53 Å². The number of hydrogen-bond donors (Lipinski definition) is 1. The smallest absolute Gasteiger partial charge is 0.222 e. The number of nitrogens with zero attached hydrogens (tertiary/aromatic N) is 3. The third-order valence-corrected chi connectivity index (χ3v) is 5.79. The molecule has 0 bridgehead atoms.